The zero-order chi connectivity index (χ0) is 10.8. The molecule has 1 aliphatic carbocycles. The third-order valence-electron chi connectivity index (χ3n) is 3.05. The zero-order valence-corrected chi connectivity index (χ0v) is 9.47. The first-order valence-electron chi connectivity index (χ1n) is 5.61. The van der Waals surface area contributed by atoms with Gasteiger partial charge in [0.15, 0.2) is 0 Å². The van der Waals surface area contributed by atoms with E-state index in [-0.39, 0.29) is 5.91 Å². The van der Waals surface area contributed by atoms with Gasteiger partial charge in [0.25, 0.3) is 0 Å². The largest absolute Gasteiger partial charge is 0.351 e. The van der Waals surface area contributed by atoms with Gasteiger partial charge in [0.05, 0.1) is 5.54 Å². The van der Waals surface area contributed by atoms with Crippen LogP contribution in [0.1, 0.15) is 46.5 Å². The lowest BCUT2D eigenvalue weighted by atomic mass is 9.96. The Balaban J connectivity index is 2.34. The number of amides is 1. The van der Waals surface area contributed by atoms with Gasteiger partial charge in [-0.05, 0) is 25.7 Å². The first-order valence-corrected chi connectivity index (χ1v) is 5.61. The van der Waals surface area contributed by atoms with Gasteiger partial charge in [-0.3, -0.25) is 4.79 Å². The molecule has 0 aliphatic heterocycles. The fourth-order valence-electron chi connectivity index (χ4n) is 1.84. The smallest absolute Gasteiger partial charge is 0.240 e. The molecule has 1 aliphatic rings. The summed E-state index contributed by atoms with van der Waals surface area (Å²) in [4.78, 5) is 11.7. The van der Waals surface area contributed by atoms with Crippen LogP contribution in [-0.2, 0) is 4.79 Å². The fraction of sp³-hybridized carbons (Fsp3) is 0.909. The monoisotopic (exact) mass is 198 g/mol. The van der Waals surface area contributed by atoms with Crippen molar-refractivity contribution in [3.63, 3.8) is 0 Å². The molecule has 1 rings (SSSR count). The lowest BCUT2D eigenvalue weighted by Crippen LogP contribution is -2.52. The highest BCUT2D eigenvalue weighted by molar-refractivity contribution is 5.86. The minimum absolute atomic E-state index is 0.0142. The van der Waals surface area contributed by atoms with Crippen LogP contribution in [0.3, 0.4) is 0 Å². The van der Waals surface area contributed by atoms with Gasteiger partial charge >= 0.3 is 0 Å². The van der Waals surface area contributed by atoms with Crippen LogP contribution in [0, 0.1) is 5.92 Å². The first kappa shape index (κ1) is 11.5. The summed E-state index contributed by atoms with van der Waals surface area (Å²) < 4.78 is 0. The molecule has 0 saturated heterocycles. The molecule has 3 N–H and O–H groups in total. The van der Waals surface area contributed by atoms with Crippen molar-refractivity contribution in [1.82, 2.24) is 5.32 Å². The van der Waals surface area contributed by atoms with Gasteiger partial charge in [-0.25, -0.2) is 0 Å². The van der Waals surface area contributed by atoms with Crippen LogP contribution >= 0.6 is 0 Å². The van der Waals surface area contributed by atoms with E-state index in [1.54, 1.807) is 0 Å². The first-order chi connectivity index (χ1) is 6.51. The Bertz CT molecular complexity index is 213. The van der Waals surface area contributed by atoms with E-state index >= 15 is 0 Å². The van der Waals surface area contributed by atoms with Crippen molar-refractivity contribution >= 4 is 5.91 Å². The van der Waals surface area contributed by atoms with Gasteiger partial charge < -0.3 is 11.1 Å². The van der Waals surface area contributed by atoms with E-state index in [0.717, 1.165) is 25.7 Å². The Hall–Kier alpha value is -0.570. The van der Waals surface area contributed by atoms with Crippen molar-refractivity contribution in [2.24, 2.45) is 11.7 Å². The van der Waals surface area contributed by atoms with Crippen LogP contribution in [0.2, 0.25) is 0 Å². The van der Waals surface area contributed by atoms with Crippen LogP contribution in [0.15, 0.2) is 0 Å². The molecule has 0 spiro atoms. The maximum absolute atomic E-state index is 11.7. The summed E-state index contributed by atoms with van der Waals surface area (Å²) in [5.41, 5.74) is 5.24. The predicted octanol–water partition coefficient (Wildman–Crippen LogP) is 1.42. The Kier molecular flexibility index (Phi) is 3.53. The molecule has 0 aromatic carbocycles. The second-order valence-corrected chi connectivity index (χ2v) is 4.65. The van der Waals surface area contributed by atoms with E-state index in [0.29, 0.717) is 12.0 Å². The van der Waals surface area contributed by atoms with E-state index in [9.17, 15) is 4.79 Å². The number of carbonyl (C=O) groups excluding carboxylic acids is 1. The van der Waals surface area contributed by atoms with Crippen molar-refractivity contribution in [3.05, 3.63) is 0 Å². The number of rotatable bonds is 5. The molecule has 0 bridgehead atoms. The van der Waals surface area contributed by atoms with Crippen molar-refractivity contribution < 1.29 is 4.79 Å². The van der Waals surface area contributed by atoms with E-state index in [1.165, 1.54) is 0 Å². The van der Waals surface area contributed by atoms with Crippen LogP contribution in [0.5, 0.6) is 0 Å². The van der Waals surface area contributed by atoms with Gasteiger partial charge in [-0.15, -0.1) is 0 Å². The minimum atomic E-state index is -0.685. The highest BCUT2D eigenvalue weighted by atomic mass is 16.2. The molecule has 3 atom stereocenters. The predicted molar refractivity (Wildman–Crippen MR) is 57.8 cm³/mol. The van der Waals surface area contributed by atoms with Gasteiger partial charge in [-0.1, -0.05) is 26.7 Å². The fourth-order valence-corrected chi connectivity index (χ4v) is 1.84. The molecule has 0 aromatic rings. The molecule has 82 valence electrons. The van der Waals surface area contributed by atoms with Gasteiger partial charge in [0, 0.05) is 6.04 Å². The molecule has 1 fully saturated rings. The Morgan fingerprint density at radius 1 is 1.57 bits per heavy atom. The van der Waals surface area contributed by atoms with E-state index in [2.05, 4.69) is 12.2 Å². The molecular formula is C11H22N2O. The SMILES string of the molecule is CCCC(C)(N)C(=O)NC1CC1CC. The molecule has 1 amide bonds. The van der Waals surface area contributed by atoms with E-state index in [1.807, 2.05) is 13.8 Å². The summed E-state index contributed by atoms with van der Waals surface area (Å²) in [6, 6.07) is 0.396. The highest BCUT2D eigenvalue weighted by Gasteiger charge is 2.39. The van der Waals surface area contributed by atoms with Gasteiger partial charge in [0.2, 0.25) is 5.91 Å². The van der Waals surface area contributed by atoms with Crippen molar-refractivity contribution in [2.75, 3.05) is 0 Å². The minimum Gasteiger partial charge on any atom is -0.351 e. The van der Waals surface area contributed by atoms with Crippen molar-refractivity contribution in [2.45, 2.75) is 58.0 Å². The summed E-state index contributed by atoms with van der Waals surface area (Å²) in [6.07, 6.45) is 3.98. The maximum Gasteiger partial charge on any atom is 0.240 e. The molecule has 0 radical (unpaired) electrons. The van der Waals surface area contributed by atoms with Crippen molar-refractivity contribution in [1.29, 1.82) is 0 Å². The second kappa shape index (κ2) is 4.30. The van der Waals surface area contributed by atoms with Crippen LogP contribution in [-0.4, -0.2) is 17.5 Å². The Labute approximate surface area is 86.4 Å². The standard InChI is InChI=1S/C11H22N2O/c1-4-6-11(3,12)10(14)13-9-7-8(9)5-2/h8-9H,4-7,12H2,1-3H3,(H,13,14). The van der Waals surface area contributed by atoms with E-state index in [4.69, 9.17) is 5.73 Å². The summed E-state index contributed by atoms with van der Waals surface area (Å²) in [5.74, 6) is 0.705. The molecule has 3 nitrogen and oxygen atoms in total. The topological polar surface area (TPSA) is 55.1 Å². The summed E-state index contributed by atoms with van der Waals surface area (Å²) in [5, 5.41) is 3.02. The lowest BCUT2D eigenvalue weighted by Gasteiger charge is -2.22. The Morgan fingerprint density at radius 3 is 2.64 bits per heavy atom. The molecule has 0 heterocycles. The molecule has 3 unspecified atom stereocenters. The van der Waals surface area contributed by atoms with Gasteiger partial charge in [-0.2, -0.15) is 0 Å². The zero-order valence-electron chi connectivity index (χ0n) is 9.47. The van der Waals surface area contributed by atoms with Crippen molar-refractivity contribution in [3.8, 4) is 0 Å². The average Bonchev–Trinajstić information content (AvgIpc) is 2.83. The molecule has 3 heteroatoms. The number of nitrogens with two attached hydrogens (primary N) is 1. The number of carbonyl (C=O) groups is 1. The molecule has 0 aromatic heterocycles. The maximum atomic E-state index is 11.7. The third-order valence-corrected chi connectivity index (χ3v) is 3.05. The summed E-state index contributed by atoms with van der Waals surface area (Å²) >= 11 is 0. The molecular weight excluding hydrogens is 176 g/mol. The molecule has 14 heavy (non-hydrogen) atoms. The Morgan fingerprint density at radius 2 is 2.21 bits per heavy atom. The van der Waals surface area contributed by atoms with Crippen LogP contribution < -0.4 is 11.1 Å². The number of hydrogen-bond acceptors (Lipinski definition) is 2. The number of hydrogen-bond donors (Lipinski definition) is 2. The summed E-state index contributed by atoms with van der Waals surface area (Å²) in [6.45, 7) is 6.02. The normalized spacial score (nSPS) is 29.4. The van der Waals surface area contributed by atoms with E-state index < -0.39 is 5.54 Å². The average molecular weight is 198 g/mol. The van der Waals surface area contributed by atoms with Crippen LogP contribution in [0.25, 0.3) is 0 Å². The van der Waals surface area contributed by atoms with Crippen LogP contribution in [0.4, 0.5) is 0 Å². The second-order valence-electron chi connectivity index (χ2n) is 4.65. The lowest BCUT2D eigenvalue weighted by molar-refractivity contribution is -0.126. The summed E-state index contributed by atoms with van der Waals surface area (Å²) in [7, 11) is 0. The van der Waals surface area contributed by atoms with Gasteiger partial charge in [0.1, 0.15) is 0 Å². The quantitative estimate of drug-likeness (QED) is 0.702. The highest BCUT2D eigenvalue weighted by Crippen LogP contribution is 2.33. The molecule has 1 saturated carbocycles. The number of nitrogens with one attached hydrogen (secondary N) is 1. The third kappa shape index (κ3) is 2.71.